The largest absolute Gasteiger partial charge is 0.330 e. The van der Waals surface area contributed by atoms with Crippen molar-refractivity contribution in [3.05, 3.63) is 120 Å². The predicted molar refractivity (Wildman–Crippen MR) is 191 cm³/mol. The summed E-state index contributed by atoms with van der Waals surface area (Å²) in [4.78, 5) is 25.1. The van der Waals surface area contributed by atoms with Gasteiger partial charge in [0, 0.05) is 41.3 Å². The highest BCUT2D eigenvalue weighted by atomic mass is 15.3. The van der Waals surface area contributed by atoms with Crippen molar-refractivity contribution < 1.29 is 0 Å². The van der Waals surface area contributed by atoms with Gasteiger partial charge in [-0.3, -0.25) is 9.80 Å². The molecule has 0 radical (unpaired) electrons. The molecule has 10 heteroatoms. The molecule has 0 spiro atoms. The van der Waals surface area contributed by atoms with Crippen LogP contribution >= 0.6 is 0 Å². The van der Waals surface area contributed by atoms with E-state index >= 15 is 0 Å². The van der Waals surface area contributed by atoms with E-state index in [1.165, 1.54) is 0 Å². The van der Waals surface area contributed by atoms with Gasteiger partial charge in [0.1, 0.15) is 23.3 Å². The second-order valence-electron chi connectivity index (χ2n) is 12.7. The maximum atomic E-state index is 5.05. The van der Waals surface area contributed by atoms with Crippen molar-refractivity contribution in [2.24, 2.45) is 28.2 Å². The van der Waals surface area contributed by atoms with Crippen LogP contribution in [-0.4, -0.2) is 61.1 Å². The number of nitrogens with zero attached hydrogens (tertiary/aromatic N) is 10. The molecule has 8 aromatic rings. The van der Waals surface area contributed by atoms with E-state index in [2.05, 4.69) is 153 Å². The fourth-order valence-corrected chi connectivity index (χ4v) is 6.86. The molecule has 4 aromatic carbocycles. The summed E-state index contributed by atoms with van der Waals surface area (Å²) in [7, 11) is 8.45. The summed E-state index contributed by atoms with van der Waals surface area (Å²) >= 11 is 0. The lowest BCUT2D eigenvalue weighted by molar-refractivity contribution is 0.170. The fraction of sp³-hybridized carbons (Fsp3) is 0.263. The van der Waals surface area contributed by atoms with Gasteiger partial charge in [-0.05, 0) is 48.5 Å². The second kappa shape index (κ2) is 12.4. The summed E-state index contributed by atoms with van der Waals surface area (Å²) in [6.07, 6.45) is 0. The van der Waals surface area contributed by atoms with E-state index in [0.29, 0.717) is 26.2 Å². The number of fused-ring (bicyclic) bond motifs is 4. The van der Waals surface area contributed by atoms with Crippen LogP contribution in [0.5, 0.6) is 0 Å². The zero-order chi connectivity index (χ0) is 32.8. The Bertz CT molecular complexity index is 2060. The van der Waals surface area contributed by atoms with Crippen LogP contribution in [0.1, 0.15) is 23.3 Å². The lowest BCUT2D eigenvalue weighted by atomic mass is 10.3. The van der Waals surface area contributed by atoms with Crippen LogP contribution in [0.15, 0.2) is 97.1 Å². The molecule has 0 atom stereocenters. The van der Waals surface area contributed by atoms with Gasteiger partial charge in [-0.2, -0.15) is 0 Å². The molecule has 0 aliphatic heterocycles. The van der Waals surface area contributed by atoms with Crippen LogP contribution in [0, 0.1) is 0 Å². The van der Waals surface area contributed by atoms with Crippen LogP contribution in [0.25, 0.3) is 44.1 Å². The first-order valence-electron chi connectivity index (χ1n) is 16.5. The summed E-state index contributed by atoms with van der Waals surface area (Å²) in [5.74, 6) is 4.14. The third-order valence-corrected chi connectivity index (χ3v) is 9.71. The first-order chi connectivity index (χ1) is 23.4. The molecule has 242 valence electrons. The van der Waals surface area contributed by atoms with E-state index in [1.807, 2.05) is 0 Å². The molecule has 0 unspecified atom stereocenters. The van der Waals surface area contributed by atoms with Gasteiger partial charge in [0.2, 0.25) is 0 Å². The minimum atomic E-state index is 0.695. The summed E-state index contributed by atoms with van der Waals surface area (Å²) in [6.45, 7) is 4.39. The van der Waals surface area contributed by atoms with Gasteiger partial charge in [0.05, 0.1) is 70.3 Å². The van der Waals surface area contributed by atoms with Gasteiger partial charge in [-0.25, -0.2) is 19.9 Å². The van der Waals surface area contributed by atoms with Crippen LogP contribution in [0.4, 0.5) is 0 Å². The molecule has 0 saturated heterocycles. The molecule has 4 aromatic heterocycles. The average Bonchev–Trinajstić information content (AvgIpc) is 3.81. The zero-order valence-corrected chi connectivity index (χ0v) is 28.0. The Kier molecular flexibility index (Phi) is 7.74. The molecule has 4 heterocycles. The molecule has 10 nitrogen and oxygen atoms in total. The molecule has 0 fully saturated rings. The highest BCUT2D eigenvalue weighted by Crippen LogP contribution is 2.22. The summed E-state index contributed by atoms with van der Waals surface area (Å²) in [5, 5.41) is 0. The van der Waals surface area contributed by atoms with Crippen LogP contribution in [0.2, 0.25) is 0 Å². The molecule has 0 aliphatic rings. The molecule has 8 rings (SSSR count). The summed E-state index contributed by atoms with van der Waals surface area (Å²) < 4.78 is 8.86. The highest BCUT2D eigenvalue weighted by molar-refractivity contribution is 5.77. The number of hydrogen-bond donors (Lipinski definition) is 0. The number of aromatic nitrogens is 8. The van der Waals surface area contributed by atoms with Gasteiger partial charge >= 0.3 is 0 Å². The molecule has 0 saturated carbocycles. The van der Waals surface area contributed by atoms with Crippen molar-refractivity contribution in [1.82, 2.24) is 48.0 Å². The average molecular weight is 637 g/mol. The van der Waals surface area contributed by atoms with E-state index in [-0.39, 0.29) is 0 Å². The van der Waals surface area contributed by atoms with Gasteiger partial charge in [-0.1, -0.05) is 48.5 Å². The maximum Gasteiger partial charge on any atom is 0.123 e. The van der Waals surface area contributed by atoms with Gasteiger partial charge < -0.3 is 18.3 Å². The molecular weight excluding hydrogens is 596 g/mol. The highest BCUT2D eigenvalue weighted by Gasteiger charge is 2.21. The monoisotopic (exact) mass is 636 g/mol. The van der Waals surface area contributed by atoms with E-state index in [1.54, 1.807) is 0 Å². The SMILES string of the molecule is Cn1c(CN(CCN(Cc2nc3ccccc3n2C)Cc2nc3ccccc3n2C)Cc2nc3ccccc3n2C)nc2ccccc21. The Morgan fingerprint density at radius 3 is 0.833 bits per heavy atom. The van der Waals surface area contributed by atoms with Crippen LogP contribution < -0.4 is 0 Å². The van der Waals surface area contributed by atoms with Gasteiger partial charge in [-0.15, -0.1) is 0 Å². The van der Waals surface area contributed by atoms with Crippen molar-refractivity contribution in [2.45, 2.75) is 26.2 Å². The minimum absolute atomic E-state index is 0.695. The topological polar surface area (TPSA) is 77.8 Å². The van der Waals surface area contributed by atoms with Gasteiger partial charge in [0.25, 0.3) is 0 Å². The standard InChI is InChI=1S/C38H40N10/c1-43-31-17-9-5-13-27(31)39-35(43)23-47(24-36-40-28-14-6-10-18-32(28)44(36)2)21-22-48(25-37-41-29-15-7-11-19-33(29)45(37)3)26-38-42-30-16-8-12-20-34(30)46(38)4/h5-20H,21-26H2,1-4H3. The molecule has 0 bridgehead atoms. The maximum absolute atomic E-state index is 5.05. The lowest BCUT2D eigenvalue weighted by Gasteiger charge is -2.27. The van der Waals surface area contributed by atoms with Crippen molar-refractivity contribution in [3.63, 3.8) is 0 Å². The molecule has 0 aliphatic carbocycles. The Balaban J connectivity index is 1.13. The number of para-hydroxylation sites is 8. The second-order valence-corrected chi connectivity index (χ2v) is 12.7. The summed E-state index contributed by atoms with van der Waals surface area (Å²) in [5.41, 5.74) is 8.62. The third kappa shape index (κ3) is 5.52. The van der Waals surface area contributed by atoms with Crippen molar-refractivity contribution in [3.8, 4) is 0 Å². The van der Waals surface area contributed by atoms with E-state index in [4.69, 9.17) is 19.9 Å². The predicted octanol–water partition coefficient (Wildman–Crippen LogP) is 5.94. The molecule has 0 N–H and O–H groups in total. The summed E-state index contributed by atoms with van der Waals surface area (Å²) in [6, 6.07) is 33.4. The number of aryl methyl sites for hydroxylation is 4. The fourth-order valence-electron chi connectivity index (χ4n) is 6.86. The first-order valence-corrected chi connectivity index (χ1v) is 16.5. The Morgan fingerprint density at radius 1 is 0.375 bits per heavy atom. The van der Waals surface area contributed by atoms with Crippen molar-refractivity contribution >= 4 is 44.1 Å². The van der Waals surface area contributed by atoms with Gasteiger partial charge in [0.15, 0.2) is 0 Å². The quantitative estimate of drug-likeness (QED) is 0.175. The minimum Gasteiger partial charge on any atom is -0.330 e. The molecular formula is C38H40N10. The number of hydrogen-bond acceptors (Lipinski definition) is 6. The van der Waals surface area contributed by atoms with Crippen LogP contribution in [-0.2, 0) is 54.4 Å². The van der Waals surface area contributed by atoms with Crippen LogP contribution in [0.3, 0.4) is 0 Å². The van der Waals surface area contributed by atoms with E-state index in [0.717, 1.165) is 80.5 Å². The molecule has 0 amide bonds. The number of benzene rings is 4. The number of imidazole rings is 4. The van der Waals surface area contributed by atoms with Crippen molar-refractivity contribution in [2.75, 3.05) is 13.1 Å². The van der Waals surface area contributed by atoms with E-state index in [9.17, 15) is 0 Å². The Hall–Kier alpha value is -5.32. The van der Waals surface area contributed by atoms with E-state index < -0.39 is 0 Å². The molecule has 48 heavy (non-hydrogen) atoms. The van der Waals surface area contributed by atoms with Crippen molar-refractivity contribution in [1.29, 1.82) is 0 Å². The Morgan fingerprint density at radius 2 is 0.604 bits per heavy atom. The lowest BCUT2D eigenvalue weighted by Crippen LogP contribution is -2.36. The Labute approximate surface area is 279 Å². The normalized spacial score (nSPS) is 12.2. The third-order valence-electron chi connectivity index (χ3n) is 9.71. The number of rotatable bonds is 11. The first kappa shape index (κ1) is 30.0. The zero-order valence-electron chi connectivity index (χ0n) is 28.0. The smallest absolute Gasteiger partial charge is 0.123 e.